The second kappa shape index (κ2) is 5.46. The van der Waals surface area contributed by atoms with Crippen LogP contribution in [0.2, 0.25) is 0 Å². The fourth-order valence-electron chi connectivity index (χ4n) is 2.33. The Morgan fingerprint density at radius 2 is 2.00 bits per heavy atom. The zero-order valence-electron chi connectivity index (χ0n) is 10.1. The van der Waals surface area contributed by atoms with Crippen LogP contribution in [-0.2, 0) is 6.42 Å². The number of rotatable bonds is 5. The van der Waals surface area contributed by atoms with E-state index in [1.54, 1.807) is 0 Å². The van der Waals surface area contributed by atoms with E-state index in [0.29, 0.717) is 0 Å². The number of nitrogens with zero attached hydrogens (tertiary/aromatic N) is 1. The maximum absolute atomic E-state index is 6.18. The first-order chi connectivity index (χ1) is 7.75. The lowest BCUT2D eigenvalue weighted by atomic mass is 9.91. The Balaban J connectivity index is 1.77. The van der Waals surface area contributed by atoms with Gasteiger partial charge in [0.1, 0.15) is 0 Å². The summed E-state index contributed by atoms with van der Waals surface area (Å²) in [7, 11) is 2.20. The van der Waals surface area contributed by atoms with Crippen molar-refractivity contribution in [2.24, 2.45) is 5.73 Å². The molecule has 0 saturated heterocycles. The van der Waals surface area contributed by atoms with Gasteiger partial charge in [-0.15, -0.1) is 0 Å². The van der Waals surface area contributed by atoms with Gasteiger partial charge >= 0.3 is 0 Å². The summed E-state index contributed by atoms with van der Waals surface area (Å²) in [5.41, 5.74) is 7.53. The Labute approximate surface area is 98.4 Å². The van der Waals surface area contributed by atoms with Crippen LogP contribution in [0, 0.1) is 0 Å². The van der Waals surface area contributed by atoms with Gasteiger partial charge in [0.2, 0.25) is 0 Å². The summed E-state index contributed by atoms with van der Waals surface area (Å²) in [6.45, 7) is 1.01. The van der Waals surface area contributed by atoms with Gasteiger partial charge < -0.3 is 10.6 Å². The van der Waals surface area contributed by atoms with Gasteiger partial charge in [0, 0.05) is 18.6 Å². The Morgan fingerprint density at radius 1 is 1.31 bits per heavy atom. The van der Waals surface area contributed by atoms with E-state index in [4.69, 9.17) is 5.73 Å². The van der Waals surface area contributed by atoms with E-state index in [0.717, 1.165) is 19.0 Å². The molecule has 2 N–H and O–H groups in total. The predicted octanol–water partition coefficient (Wildman–Crippen LogP) is 2.04. The van der Waals surface area contributed by atoms with Crippen LogP contribution < -0.4 is 5.73 Å². The smallest absolute Gasteiger partial charge is 0.0208 e. The molecule has 0 aliphatic heterocycles. The van der Waals surface area contributed by atoms with Crippen molar-refractivity contribution in [2.45, 2.75) is 37.8 Å². The molecule has 1 aromatic carbocycles. The molecule has 2 rings (SSSR count). The Hall–Kier alpha value is -0.860. The zero-order valence-corrected chi connectivity index (χ0v) is 10.1. The van der Waals surface area contributed by atoms with E-state index >= 15 is 0 Å². The molecule has 1 fully saturated rings. The first-order valence-electron chi connectivity index (χ1n) is 6.25. The van der Waals surface area contributed by atoms with Crippen LogP contribution in [0.5, 0.6) is 0 Å². The van der Waals surface area contributed by atoms with Gasteiger partial charge in [-0.2, -0.15) is 0 Å². The van der Waals surface area contributed by atoms with Crippen LogP contribution in [0.4, 0.5) is 0 Å². The highest BCUT2D eigenvalue weighted by Crippen LogP contribution is 2.23. The number of likely N-dealkylation sites (N-methyl/N-ethyl adjacent to an activating group) is 1. The molecule has 1 saturated carbocycles. The summed E-state index contributed by atoms with van der Waals surface area (Å²) in [5.74, 6) is 0. The third kappa shape index (κ3) is 3.06. The van der Waals surface area contributed by atoms with Gasteiger partial charge in [0.25, 0.3) is 0 Å². The molecule has 0 spiro atoms. The number of hydrogen-bond donors (Lipinski definition) is 1. The molecule has 0 aromatic heterocycles. The van der Waals surface area contributed by atoms with E-state index in [9.17, 15) is 0 Å². The zero-order chi connectivity index (χ0) is 11.4. The van der Waals surface area contributed by atoms with Crippen molar-refractivity contribution in [3.8, 4) is 0 Å². The van der Waals surface area contributed by atoms with Crippen LogP contribution in [0.25, 0.3) is 0 Å². The highest BCUT2D eigenvalue weighted by molar-refractivity contribution is 5.15. The average molecular weight is 218 g/mol. The lowest BCUT2D eigenvalue weighted by Crippen LogP contribution is -2.44. The summed E-state index contributed by atoms with van der Waals surface area (Å²) in [6, 6.07) is 11.6. The molecule has 0 heterocycles. The molecule has 0 amide bonds. The van der Waals surface area contributed by atoms with Gasteiger partial charge in [-0.25, -0.2) is 0 Å². The van der Waals surface area contributed by atoms with E-state index in [2.05, 4.69) is 42.3 Å². The second-order valence-corrected chi connectivity index (χ2v) is 4.97. The minimum atomic E-state index is 0.257. The van der Waals surface area contributed by atoms with Crippen LogP contribution in [0.3, 0.4) is 0 Å². The SMILES string of the molecule is CN(CC(N)Cc1ccccc1)C1CCC1. The summed E-state index contributed by atoms with van der Waals surface area (Å²) in [6.07, 6.45) is 5.09. The van der Waals surface area contributed by atoms with Gasteiger partial charge in [-0.05, 0) is 31.9 Å². The molecule has 2 nitrogen and oxygen atoms in total. The third-order valence-electron chi connectivity index (χ3n) is 3.56. The third-order valence-corrected chi connectivity index (χ3v) is 3.56. The van der Waals surface area contributed by atoms with E-state index in [1.165, 1.54) is 24.8 Å². The van der Waals surface area contributed by atoms with Crippen LogP contribution in [0.15, 0.2) is 30.3 Å². The number of benzene rings is 1. The molecule has 0 bridgehead atoms. The molecule has 1 aliphatic rings. The van der Waals surface area contributed by atoms with Crippen molar-refractivity contribution in [1.29, 1.82) is 0 Å². The molecule has 1 aliphatic carbocycles. The standard InChI is InChI=1S/C14H22N2/c1-16(14-8-5-9-14)11-13(15)10-12-6-3-2-4-7-12/h2-4,6-7,13-14H,5,8-11,15H2,1H3. The Morgan fingerprint density at radius 3 is 2.56 bits per heavy atom. The van der Waals surface area contributed by atoms with Crippen molar-refractivity contribution >= 4 is 0 Å². The molecule has 1 aromatic rings. The summed E-state index contributed by atoms with van der Waals surface area (Å²) < 4.78 is 0. The molecule has 88 valence electrons. The average Bonchev–Trinajstić information content (AvgIpc) is 2.15. The molecule has 0 radical (unpaired) electrons. The van der Waals surface area contributed by atoms with E-state index < -0.39 is 0 Å². The van der Waals surface area contributed by atoms with Crippen LogP contribution in [0.1, 0.15) is 24.8 Å². The van der Waals surface area contributed by atoms with Gasteiger partial charge in [0.15, 0.2) is 0 Å². The maximum Gasteiger partial charge on any atom is 0.0208 e. The maximum atomic E-state index is 6.18. The van der Waals surface area contributed by atoms with Crippen molar-refractivity contribution < 1.29 is 0 Å². The Kier molecular flexibility index (Phi) is 3.97. The van der Waals surface area contributed by atoms with Crippen molar-refractivity contribution in [2.75, 3.05) is 13.6 Å². The lowest BCUT2D eigenvalue weighted by Gasteiger charge is -2.36. The van der Waals surface area contributed by atoms with Crippen LogP contribution >= 0.6 is 0 Å². The quantitative estimate of drug-likeness (QED) is 0.819. The van der Waals surface area contributed by atoms with Crippen molar-refractivity contribution in [3.05, 3.63) is 35.9 Å². The van der Waals surface area contributed by atoms with Gasteiger partial charge in [-0.1, -0.05) is 36.8 Å². The fourth-order valence-corrected chi connectivity index (χ4v) is 2.33. The minimum absolute atomic E-state index is 0.257. The molecular formula is C14H22N2. The minimum Gasteiger partial charge on any atom is -0.326 e. The summed E-state index contributed by atoms with van der Waals surface area (Å²) >= 11 is 0. The monoisotopic (exact) mass is 218 g/mol. The van der Waals surface area contributed by atoms with Crippen LogP contribution in [-0.4, -0.2) is 30.6 Å². The summed E-state index contributed by atoms with van der Waals surface area (Å²) in [4.78, 5) is 2.43. The highest BCUT2D eigenvalue weighted by atomic mass is 15.1. The lowest BCUT2D eigenvalue weighted by molar-refractivity contribution is 0.151. The Bertz CT molecular complexity index is 306. The first kappa shape index (κ1) is 11.6. The predicted molar refractivity (Wildman–Crippen MR) is 68.4 cm³/mol. The molecule has 1 unspecified atom stereocenters. The fraction of sp³-hybridized carbons (Fsp3) is 0.571. The van der Waals surface area contributed by atoms with Gasteiger partial charge in [0.05, 0.1) is 0 Å². The highest BCUT2D eigenvalue weighted by Gasteiger charge is 2.22. The second-order valence-electron chi connectivity index (χ2n) is 4.97. The topological polar surface area (TPSA) is 29.3 Å². The normalized spacial score (nSPS) is 18.4. The van der Waals surface area contributed by atoms with Crippen molar-refractivity contribution in [3.63, 3.8) is 0 Å². The van der Waals surface area contributed by atoms with E-state index in [-0.39, 0.29) is 6.04 Å². The molecule has 16 heavy (non-hydrogen) atoms. The number of nitrogens with two attached hydrogens (primary N) is 1. The number of hydrogen-bond acceptors (Lipinski definition) is 2. The molecule has 2 heteroatoms. The van der Waals surface area contributed by atoms with Gasteiger partial charge in [-0.3, -0.25) is 0 Å². The van der Waals surface area contributed by atoms with Crippen molar-refractivity contribution in [1.82, 2.24) is 4.90 Å². The largest absolute Gasteiger partial charge is 0.326 e. The molecular weight excluding hydrogens is 196 g/mol. The molecule has 1 atom stereocenters. The first-order valence-corrected chi connectivity index (χ1v) is 6.25. The summed E-state index contributed by atoms with van der Waals surface area (Å²) in [5, 5.41) is 0. The van der Waals surface area contributed by atoms with E-state index in [1.807, 2.05) is 0 Å².